The molecular formula is C26H32N4O2S. The van der Waals surface area contributed by atoms with E-state index in [4.69, 9.17) is 12.2 Å². The minimum Gasteiger partial charge on any atom is -0.368 e. The van der Waals surface area contributed by atoms with Crippen LogP contribution in [0.2, 0.25) is 0 Å². The number of piperazine rings is 1. The minimum absolute atomic E-state index is 0.212. The number of nitrogens with zero attached hydrogens (tertiary/aromatic N) is 2. The summed E-state index contributed by atoms with van der Waals surface area (Å²) in [6.45, 7) is 9.33. The lowest BCUT2D eigenvalue weighted by molar-refractivity contribution is -0.131. The van der Waals surface area contributed by atoms with Crippen molar-refractivity contribution in [1.29, 1.82) is 0 Å². The number of hydrogen-bond acceptors (Lipinski definition) is 4. The molecule has 0 atom stereocenters. The minimum atomic E-state index is -0.281. The average molecular weight is 465 g/mol. The van der Waals surface area contributed by atoms with Crippen molar-refractivity contribution in [2.45, 2.75) is 33.1 Å². The van der Waals surface area contributed by atoms with Crippen LogP contribution in [0.4, 0.5) is 11.4 Å². The molecule has 0 aliphatic carbocycles. The van der Waals surface area contributed by atoms with Gasteiger partial charge in [0.15, 0.2) is 5.11 Å². The van der Waals surface area contributed by atoms with Crippen molar-refractivity contribution in [3.63, 3.8) is 0 Å². The van der Waals surface area contributed by atoms with Gasteiger partial charge in [-0.2, -0.15) is 0 Å². The molecule has 0 unspecified atom stereocenters. The van der Waals surface area contributed by atoms with E-state index in [-0.39, 0.29) is 16.9 Å². The Bertz CT molecular complexity index is 992. The van der Waals surface area contributed by atoms with E-state index in [0.29, 0.717) is 12.3 Å². The van der Waals surface area contributed by atoms with Gasteiger partial charge in [-0.1, -0.05) is 45.0 Å². The number of rotatable bonds is 6. The lowest BCUT2D eigenvalue weighted by Crippen LogP contribution is -2.48. The number of nitrogens with one attached hydrogen (secondary N) is 2. The van der Waals surface area contributed by atoms with Gasteiger partial charge in [0, 0.05) is 50.1 Å². The highest BCUT2D eigenvalue weighted by atomic mass is 32.1. The normalized spacial score (nSPS) is 13.9. The molecule has 2 amide bonds. The van der Waals surface area contributed by atoms with Gasteiger partial charge in [-0.25, -0.2) is 0 Å². The summed E-state index contributed by atoms with van der Waals surface area (Å²) in [5.74, 6) is 0.408. The van der Waals surface area contributed by atoms with Crippen LogP contribution in [0.25, 0.3) is 6.08 Å². The first-order valence-corrected chi connectivity index (χ1v) is 11.8. The van der Waals surface area contributed by atoms with Gasteiger partial charge < -0.3 is 15.1 Å². The lowest BCUT2D eigenvalue weighted by Gasteiger charge is -2.36. The van der Waals surface area contributed by atoms with Crippen molar-refractivity contribution >= 4 is 46.6 Å². The lowest BCUT2D eigenvalue weighted by atomic mass is 10.0. The van der Waals surface area contributed by atoms with Crippen molar-refractivity contribution in [2.24, 2.45) is 0 Å². The average Bonchev–Trinajstić information content (AvgIpc) is 2.83. The van der Waals surface area contributed by atoms with E-state index in [1.807, 2.05) is 48.2 Å². The highest BCUT2D eigenvalue weighted by Crippen LogP contribution is 2.20. The van der Waals surface area contributed by atoms with Gasteiger partial charge in [0.25, 0.3) is 0 Å². The molecule has 33 heavy (non-hydrogen) atoms. The standard InChI is InChI=1S/C26H32N4O2S/c1-4-25(32)30-17-15-29(16-18-30)23-12-10-22(11-13-23)27-26(33)28-24(31)14-7-20-5-8-21(9-6-20)19(2)3/h5-14,19H,4,15-18H2,1-3H3,(H2,27,28,31,33). The molecule has 1 heterocycles. The fourth-order valence-corrected chi connectivity index (χ4v) is 3.89. The monoisotopic (exact) mass is 464 g/mol. The van der Waals surface area contributed by atoms with Crippen molar-refractivity contribution in [3.05, 3.63) is 65.7 Å². The van der Waals surface area contributed by atoms with Crippen molar-refractivity contribution in [1.82, 2.24) is 10.2 Å². The van der Waals surface area contributed by atoms with Crippen LogP contribution >= 0.6 is 12.2 Å². The molecule has 0 spiro atoms. The van der Waals surface area contributed by atoms with Gasteiger partial charge in [0.05, 0.1) is 0 Å². The van der Waals surface area contributed by atoms with Crippen LogP contribution in [0.5, 0.6) is 0 Å². The van der Waals surface area contributed by atoms with E-state index in [1.165, 1.54) is 11.6 Å². The van der Waals surface area contributed by atoms with Gasteiger partial charge in [-0.05, 0) is 59.6 Å². The van der Waals surface area contributed by atoms with E-state index < -0.39 is 0 Å². The second-order valence-electron chi connectivity index (χ2n) is 8.37. The van der Waals surface area contributed by atoms with Crippen LogP contribution in [-0.4, -0.2) is 48.0 Å². The van der Waals surface area contributed by atoms with Gasteiger partial charge in [-0.15, -0.1) is 0 Å². The Hall–Kier alpha value is -3.19. The van der Waals surface area contributed by atoms with Crippen molar-refractivity contribution in [2.75, 3.05) is 36.4 Å². The van der Waals surface area contributed by atoms with Crippen LogP contribution in [-0.2, 0) is 9.59 Å². The predicted octanol–water partition coefficient (Wildman–Crippen LogP) is 4.40. The summed E-state index contributed by atoms with van der Waals surface area (Å²) >= 11 is 5.27. The molecule has 1 aliphatic rings. The predicted molar refractivity (Wildman–Crippen MR) is 139 cm³/mol. The molecule has 0 aromatic heterocycles. The Balaban J connectivity index is 1.46. The maximum absolute atomic E-state index is 12.2. The molecule has 1 saturated heterocycles. The highest BCUT2D eigenvalue weighted by Gasteiger charge is 2.20. The maximum Gasteiger partial charge on any atom is 0.250 e. The summed E-state index contributed by atoms with van der Waals surface area (Å²) < 4.78 is 0. The zero-order chi connectivity index (χ0) is 23.8. The molecule has 3 rings (SSSR count). The van der Waals surface area contributed by atoms with E-state index in [9.17, 15) is 9.59 Å². The summed E-state index contributed by atoms with van der Waals surface area (Å²) in [4.78, 5) is 28.2. The molecule has 0 bridgehead atoms. The molecule has 0 saturated carbocycles. The van der Waals surface area contributed by atoms with Crippen molar-refractivity contribution < 1.29 is 9.59 Å². The zero-order valence-electron chi connectivity index (χ0n) is 19.5. The van der Waals surface area contributed by atoms with Crippen LogP contribution in [0, 0.1) is 0 Å². The highest BCUT2D eigenvalue weighted by molar-refractivity contribution is 7.80. The molecule has 7 heteroatoms. The van der Waals surface area contributed by atoms with Crippen LogP contribution in [0.15, 0.2) is 54.6 Å². The smallest absolute Gasteiger partial charge is 0.250 e. The third-order valence-corrected chi connectivity index (χ3v) is 5.90. The maximum atomic E-state index is 12.2. The van der Waals surface area contributed by atoms with Crippen molar-refractivity contribution in [3.8, 4) is 0 Å². The second-order valence-corrected chi connectivity index (χ2v) is 8.77. The Morgan fingerprint density at radius 1 is 1.00 bits per heavy atom. The van der Waals surface area contributed by atoms with Gasteiger partial charge in [0.2, 0.25) is 11.8 Å². The van der Waals surface area contributed by atoms with Gasteiger partial charge in [0.1, 0.15) is 0 Å². The largest absolute Gasteiger partial charge is 0.368 e. The molecule has 2 aromatic rings. The van der Waals surface area contributed by atoms with Crippen LogP contribution < -0.4 is 15.5 Å². The third kappa shape index (κ3) is 7.15. The second kappa shape index (κ2) is 11.6. The van der Waals surface area contributed by atoms with Gasteiger partial charge >= 0.3 is 0 Å². The molecule has 2 aromatic carbocycles. The Morgan fingerprint density at radius 2 is 1.64 bits per heavy atom. The molecule has 1 aliphatic heterocycles. The molecule has 174 valence electrons. The van der Waals surface area contributed by atoms with E-state index >= 15 is 0 Å². The first-order valence-electron chi connectivity index (χ1n) is 11.4. The molecule has 6 nitrogen and oxygen atoms in total. The van der Waals surface area contributed by atoms with Crippen LogP contribution in [0.1, 0.15) is 44.2 Å². The number of hydrogen-bond donors (Lipinski definition) is 2. The Labute approximate surface area is 201 Å². The van der Waals surface area contributed by atoms with E-state index in [2.05, 4.69) is 41.5 Å². The summed E-state index contributed by atoms with van der Waals surface area (Å²) in [5, 5.41) is 5.97. The Morgan fingerprint density at radius 3 is 2.21 bits per heavy atom. The first kappa shape index (κ1) is 24.5. The fourth-order valence-electron chi connectivity index (χ4n) is 3.67. The SMILES string of the molecule is CCC(=O)N1CCN(c2ccc(NC(=S)NC(=O)C=Cc3ccc(C(C)C)cc3)cc2)CC1. The number of benzene rings is 2. The summed E-state index contributed by atoms with van der Waals surface area (Å²) in [6.07, 6.45) is 3.80. The summed E-state index contributed by atoms with van der Waals surface area (Å²) in [5.41, 5.74) is 4.13. The first-order chi connectivity index (χ1) is 15.9. The van der Waals surface area contributed by atoms with E-state index in [1.54, 1.807) is 6.08 Å². The molecule has 2 N–H and O–H groups in total. The summed E-state index contributed by atoms with van der Waals surface area (Å²) in [7, 11) is 0. The number of thiocarbonyl (C=S) groups is 1. The molecule has 1 fully saturated rings. The molecular weight excluding hydrogens is 432 g/mol. The number of anilines is 2. The number of amides is 2. The number of carbonyl (C=O) groups excluding carboxylic acids is 2. The Kier molecular flexibility index (Phi) is 8.60. The number of carbonyl (C=O) groups is 2. The van der Waals surface area contributed by atoms with E-state index in [0.717, 1.165) is 43.1 Å². The topological polar surface area (TPSA) is 64.7 Å². The van der Waals surface area contributed by atoms with Crippen LogP contribution in [0.3, 0.4) is 0 Å². The fraction of sp³-hybridized carbons (Fsp3) is 0.346. The zero-order valence-corrected chi connectivity index (χ0v) is 20.3. The third-order valence-electron chi connectivity index (χ3n) is 5.69. The summed E-state index contributed by atoms with van der Waals surface area (Å²) in [6, 6.07) is 16.0. The molecule has 0 radical (unpaired) electrons. The van der Waals surface area contributed by atoms with Gasteiger partial charge in [-0.3, -0.25) is 14.9 Å². The quantitative estimate of drug-likeness (QED) is 0.490.